The Morgan fingerprint density at radius 3 is 2.45 bits per heavy atom. The molecule has 1 saturated heterocycles. The van der Waals surface area contributed by atoms with Crippen molar-refractivity contribution in [1.29, 1.82) is 0 Å². The third-order valence-electron chi connectivity index (χ3n) is 2.47. The molecular weight excluding hydrogens is 144 g/mol. The largest absolute Gasteiger partial charge is 0.462 e. The number of esters is 1. The first kappa shape index (κ1) is 8.53. The van der Waals surface area contributed by atoms with Gasteiger partial charge in [-0.15, -0.1) is 0 Å². The van der Waals surface area contributed by atoms with Crippen LogP contribution in [0.3, 0.4) is 0 Å². The van der Waals surface area contributed by atoms with Gasteiger partial charge in [0.25, 0.3) is 0 Å². The van der Waals surface area contributed by atoms with Gasteiger partial charge in [0.05, 0.1) is 12.0 Å². The fraction of sp³-hybridized carbons (Fsp3) is 0.875. The van der Waals surface area contributed by atoms with Gasteiger partial charge in [-0.2, -0.15) is 0 Å². The molecule has 1 fully saturated rings. The zero-order valence-corrected chi connectivity index (χ0v) is 7.07. The minimum atomic E-state index is -0.550. The molecule has 1 rings (SSSR count). The molecular formula is C8H14O3. The highest BCUT2D eigenvalue weighted by Gasteiger charge is 2.37. The van der Waals surface area contributed by atoms with E-state index in [-0.39, 0.29) is 23.9 Å². The third-order valence-corrected chi connectivity index (χ3v) is 2.47. The van der Waals surface area contributed by atoms with Crippen LogP contribution in [-0.4, -0.2) is 23.3 Å². The fourth-order valence-electron chi connectivity index (χ4n) is 1.27. The average molecular weight is 158 g/mol. The Labute approximate surface area is 66.4 Å². The van der Waals surface area contributed by atoms with Crippen molar-refractivity contribution in [3.8, 4) is 0 Å². The lowest BCUT2D eigenvalue weighted by Gasteiger charge is -2.34. The van der Waals surface area contributed by atoms with E-state index in [9.17, 15) is 9.90 Å². The van der Waals surface area contributed by atoms with Gasteiger partial charge in [-0.3, -0.25) is 4.79 Å². The van der Waals surface area contributed by atoms with Crippen molar-refractivity contribution in [1.82, 2.24) is 0 Å². The first-order valence-electron chi connectivity index (χ1n) is 3.92. The van der Waals surface area contributed by atoms with E-state index >= 15 is 0 Å². The Morgan fingerprint density at radius 1 is 1.36 bits per heavy atom. The van der Waals surface area contributed by atoms with E-state index in [1.807, 2.05) is 6.92 Å². The fourth-order valence-corrected chi connectivity index (χ4v) is 1.27. The molecule has 1 N–H and O–H groups in total. The predicted octanol–water partition coefficient (Wildman–Crippen LogP) is 0.565. The summed E-state index contributed by atoms with van der Waals surface area (Å²) in [6.45, 7) is 5.38. The maximum absolute atomic E-state index is 11.0. The van der Waals surface area contributed by atoms with Gasteiger partial charge in [-0.25, -0.2) is 0 Å². The molecule has 3 heteroatoms. The van der Waals surface area contributed by atoms with Gasteiger partial charge in [0.1, 0.15) is 6.10 Å². The summed E-state index contributed by atoms with van der Waals surface area (Å²) < 4.78 is 4.98. The van der Waals surface area contributed by atoms with E-state index in [1.54, 1.807) is 13.8 Å². The first-order valence-corrected chi connectivity index (χ1v) is 3.92. The quantitative estimate of drug-likeness (QED) is 0.524. The number of cyclic esters (lactones) is 1. The van der Waals surface area contributed by atoms with E-state index < -0.39 is 6.10 Å². The van der Waals surface area contributed by atoms with E-state index in [4.69, 9.17) is 4.74 Å². The normalized spacial score (nSPS) is 45.3. The van der Waals surface area contributed by atoms with Crippen molar-refractivity contribution in [3.05, 3.63) is 0 Å². The van der Waals surface area contributed by atoms with Gasteiger partial charge >= 0.3 is 5.97 Å². The summed E-state index contributed by atoms with van der Waals surface area (Å²) in [5.74, 6) is -0.619. The molecule has 64 valence electrons. The Kier molecular flexibility index (Phi) is 2.18. The number of hydrogen-bond donors (Lipinski definition) is 1. The van der Waals surface area contributed by atoms with Gasteiger partial charge in [0.2, 0.25) is 0 Å². The Hall–Kier alpha value is -0.570. The van der Waals surface area contributed by atoms with Crippen LogP contribution in [0.1, 0.15) is 20.8 Å². The Bertz CT molecular complexity index is 167. The van der Waals surface area contributed by atoms with Gasteiger partial charge in [0.15, 0.2) is 0 Å². The Morgan fingerprint density at radius 2 is 1.91 bits per heavy atom. The molecule has 3 nitrogen and oxygen atoms in total. The summed E-state index contributed by atoms with van der Waals surface area (Å²) in [6.07, 6.45) is -0.708. The summed E-state index contributed by atoms with van der Waals surface area (Å²) >= 11 is 0. The highest BCUT2D eigenvalue weighted by molar-refractivity contribution is 5.73. The molecule has 1 aliphatic rings. The van der Waals surface area contributed by atoms with Gasteiger partial charge in [0, 0.05) is 5.92 Å². The van der Waals surface area contributed by atoms with Crippen LogP contribution >= 0.6 is 0 Å². The summed E-state index contributed by atoms with van der Waals surface area (Å²) in [5, 5.41) is 9.49. The van der Waals surface area contributed by atoms with Crippen LogP contribution in [0.4, 0.5) is 0 Å². The number of carbonyl (C=O) groups is 1. The van der Waals surface area contributed by atoms with E-state index in [0.717, 1.165) is 0 Å². The van der Waals surface area contributed by atoms with Crippen molar-refractivity contribution in [2.45, 2.75) is 33.0 Å². The minimum Gasteiger partial charge on any atom is -0.462 e. The summed E-state index contributed by atoms with van der Waals surface area (Å²) in [7, 11) is 0. The van der Waals surface area contributed by atoms with E-state index in [0.29, 0.717) is 0 Å². The SMILES string of the molecule is C[C@@H]1[C@H](O)[C@@H](C)C(=O)O[C@H]1C. The van der Waals surface area contributed by atoms with Gasteiger partial charge in [-0.05, 0) is 13.8 Å². The molecule has 0 aromatic rings. The van der Waals surface area contributed by atoms with Crippen LogP contribution in [0.2, 0.25) is 0 Å². The topological polar surface area (TPSA) is 46.5 Å². The number of ether oxygens (including phenoxy) is 1. The second-order valence-corrected chi connectivity index (χ2v) is 3.28. The molecule has 0 aromatic heterocycles. The number of hydrogen-bond acceptors (Lipinski definition) is 3. The second kappa shape index (κ2) is 2.81. The lowest BCUT2D eigenvalue weighted by Crippen LogP contribution is -2.45. The number of carbonyl (C=O) groups excluding carboxylic acids is 1. The summed E-state index contributed by atoms with van der Waals surface area (Å²) in [5.41, 5.74) is 0. The van der Waals surface area contributed by atoms with Crippen LogP contribution in [0.25, 0.3) is 0 Å². The molecule has 0 saturated carbocycles. The van der Waals surface area contributed by atoms with Gasteiger partial charge in [-0.1, -0.05) is 6.92 Å². The number of aliphatic hydroxyl groups is 1. The monoisotopic (exact) mass is 158 g/mol. The lowest BCUT2D eigenvalue weighted by atomic mass is 9.87. The Balaban J connectivity index is 2.70. The zero-order valence-electron chi connectivity index (χ0n) is 7.07. The first-order chi connectivity index (χ1) is 5.04. The smallest absolute Gasteiger partial charge is 0.311 e. The maximum atomic E-state index is 11.0. The molecule has 11 heavy (non-hydrogen) atoms. The third kappa shape index (κ3) is 1.38. The molecule has 0 bridgehead atoms. The lowest BCUT2D eigenvalue weighted by molar-refractivity contribution is -0.175. The highest BCUT2D eigenvalue weighted by atomic mass is 16.5. The molecule has 0 aliphatic carbocycles. The molecule has 4 atom stereocenters. The van der Waals surface area contributed by atoms with Crippen molar-refractivity contribution >= 4 is 5.97 Å². The summed E-state index contributed by atoms with van der Waals surface area (Å²) in [4.78, 5) is 11.0. The standard InChI is InChI=1S/C8H14O3/c1-4-6(3)11-8(10)5(2)7(4)9/h4-7,9H,1-3H3/t4-,5+,6-,7-/m0/s1. The van der Waals surface area contributed by atoms with Crippen LogP contribution in [-0.2, 0) is 9.53 Å². The van der Waals surface area contributed by atoms with Crippen LogP contribution < -0.4 is 0 Å². The summed E-state index contributed by atoms with van der Waals surface area (Å²) in [6, 6.07) is 0. The average Bonchev–Trinajstić information content (AvgIpc) is 1.97. The van der Waals surface area contributed by atoms with Gasteiger partial charge < -0.3 is 9.84 Å². The van der Waals surface area contributed by atoms with Crippen LogP contribution in [0.15, 0.2) is 0 Å². The minimum absolute atomic E-state index is 0.0442. The highest BCUT2D eigenvalue weighted by Crippen LogP contribution is 2.25. The molecule has 0 radical (unpaired) electrons. The molecule has 0 amide bonds. The zero-order chi connectivity index (χ0) is 8.59. The number of aliphatic hydroxyl groups excluding tert-OH is 1. The van der Waals surface area contributed by atoms with Crippen molar-refractivity contribution in [3.63, 3.8) is 0 Å². The number of rotatable bonds is 0. The van der Waals surface area contributed by atoms with Crippen molar-refractivity contribution < 1.29 is 14.6 Å². The maximum Gasteiger partial charge on any atom is 0.311 e. The van der Waals surface area contributed by atoms with Crippen LogP contribution in [0.5, 0.6) is 0 Å². The molecule has 0 aromatic carbocycles. The van der Waals surface area contributed by atoms with Crippen molar-refractivity contribution in [2.24, 2.45) is 11.8 Å². The van der Waals surface area contributed by atoms with E-state index in [1.165, 1.54) is 0 Å². The molecule has 0 unspecified atom stereocenters. The predicted molar refractivity (Wildman–Crippen MR) is 39.9 cm³/mol. The molecule has 0 spiro atoms. The van der Waals surface area contributed by atoms with E-state index in [2.05, 4.69) is 0 Å². The van der Waals surface area contributed by atoms with Crippen LogP contribution in [0, 0.1) is 11.8 Å². The second-order valence-electron chi connectivity index (χ2n) is 3.28. The van der Waals surface area contributed by atoms with Crippen molar-refractivity contribution in [2.75, 3.05) is 0 Å². The molecule has 1 aliphatic heterocycles. The molecule has 1 heterocycles.